The molecular formula is C13H19N5O. The van der Waals surface area contributed by atoms with Crippen molar-refractivity contribution in [2.75, 3.05) is 13.7 Å². The van der Waals surface area contributed by atoms with E-state index in [4.69, 9.17) is 10.5 Å². The molecule has 1 aromatic heterocycles. The Morgan fingerprint density at radius 3 is 2.89 bits per heavy atom. The Kier molecular flexibility index (Phi) is 4.46. The van der Waals surface area contributed by atoms with Gasteiger partial charge in [-0.3, -0.25) is 0 Å². The number of tetrazole rings is 1. The van der Waals surface area contributed by atoms with Crippen molar-refractivity contribution in [1.82, 2.24) is 20.2 Å². The smallest absolute Gasteiger partial charge is 0.175 e. The molecule has 0 radical (unpaired) electrons. The Morgan fingerprint density at radius 1 is 1.37 bits per heavy atom. The van der Waals surface area contributed by atoms with E-state index in [1.165, 1.54) is 10.4 Å². The quantitative estimate of drug-likeness (QED) is 0.843. The normalized spacial score (nSPS) is 10.7. The van der Waals surface area contributed by atoms with Gasteiger partial charge in [-0.15, -0.1) is 15.0 Å². The van der Waals surface area contributed by atoms with E-state index in [-0.39, 0.29) is 0 Å². The Morgan fingerprint density at radius 2 is 2.21 bits per heavy atom. The molecule has 2 N–H and O–H groups in total. The Hall–Kier alpha value is -1.95. The van der Waals surface area contributed by atoms with Gasteiger partial charge in [0.1, 0.15) is 11.4 Å². The van der Waals surface area contributed by atoms with E-state index in [0.717, 1.165) is 30.7 Å². The number of methoxy groups -OCH3 is 1. The van der Waals surface area contributed by atoms with Crippen LogP contribution in [0, 0.1) is 0 Å². The van der Waals surface area contributed by atoms with Crippen molar-refractivity contribution in [2.45, 2.75) is 26.2 Å². The molecule has 6 heteroatoms. The molecule has 19 heavy (non-hydrogen) atoms. The van der Waals surface area contributed by atoms with Gasteiger partial charge in [0.15, 0.2) is 5.82 Å². The number of nitrogens with two attached hydrogens (primary N) is 1. The van der Waals surface area contributed by atoms with Crippen molar-refractivity contribution in [3.8, 4) is 11.4 Å². The summed E-state index contributed by atoms with van der Waals surface area (Å²) in [6.07, 6.45) is 2.55. The minimum Gasteiger partial charge on any atom is -0.494 e. The summed E-state index contributed by atoms with van der Waals surface area (Å²) in [7, 11) is 1.64. The molecule has 0 spiro atoms. The molecule has 0 amide bonds. The fourth-order valence-electron chi connectivity index (χ4n) is 1.82. The third-order valence-electron chi connectivity index (χ3n) is 2.93. The first-order valence-electron chi connectivity index (χ1n) is 6.44. The van der Waals surface area contributed by atoms with E-state index < -0.39 is 0 Å². The first-order chi connectivity index (χ1) is 9.28. The van der Waals surface area contributed by atoms with Crippen LogP contribution in [0.3, 0.4) is 0 Å². The second-order valence-corrected chi connectivity index (χ2v) is 4.25. The number of hydrogen-bond acceptors (Lipinski definition) is 5. The summed E-state index contributed by atoms with van der Waals surface area (Å²) in [4.78, 5) is 1.52. The number of aromatic nitrogens is 4. The minimum atomic E-state index is 0.628. The number of nitrogens with zero attached hydrogens (tertiary/aromatic N) is 4. The lowest BCUT2D eigenvalue weighted by Gasteiger charge is -2.08. The number of benzene rings is 1. The zero-order valence-electron chi connectivity index (χ0n) is 11.3. The highest BCUT2D eigenvalue weighted by Gasteiger charge is 2.10. The van der Waals surface area contributed by atoms with Gasteiger partial charge in [0.2, 0.25) is 0 Å². The molecule has 102 valence electrons. The summed E-state index contributed by atoms with van der Waals surface area (Å²) in [6.45, 7) is 2.73. The van der Waals surface area contributed by atoms with Crippen molar-refractivity contribution in [1.29, 1.82) is 0 Å². The average Bonchev–Trinajstić information content (AvgIpc) is 2.93. The van der Waals surface area contributed by atoms with E-state index in [0.29, 0.717) is 12.4 Å². The zero-order chi connectivity index (χ0) is 13.7. The molecule has 6 nitrogen and oxygen atoms in total. The van der Waals surface area contributed by atoms with Crippen LogP contribution in [0.4, 0.5) is 0 Å². The lowest BCUT2D eigenvalue weighted by molar-refractivity contribution is 0.409. The van der Waals surface area contributed by atoms with E-state index in [1.54, 1.807) is 7.11 Å². The van der Waals surface area contributed by atoms with Crippen molar-refractivity contribution in [2.24, 2.45) is 5.73 Å². The van der Waals surface area contributed by atoms with Gasteiger partial charge in [0.25, 0.3) is 0 Å². The molecule has 0 bridgehead atoms. The summed E-state index contributed by atoms with van der Waals surface area (Å²) in [6, 6.07) is 5.99. The lowest BCUT2D eigenvalue weighted by Crippen LogP contribution is -2.04. The van der Waals surface area contributed by atoms with E-state index in [9.17, 15) is 0 Å². The van der Waals surface area contributed by atoms with Crippen LogP contribution in [-0.2, 0) is 12.8 Å². The van der Waals surface area contributed by atoms with Crippen LogP contribution in [0.1, 0.15) is 24.7 Å². The van der Waals surface area contributed by atoms with Crippen LogP contribution in [0.5, 0.6) is 5.75 Å². The molecule has 0 saturated heterocycles. The van der Waals surface area contributed by atoms with Crippen LogP contribution < -0.4 is 10.5 Å². The predicted octanol–water partition coefficient (Wildman–Crippen LogP) is 1.12. The van der Waals surface area contributed by atoms with Crippen molar-refractivity contribution >= 4 is 0 Å². The molecule has 0 aliphatic rings. The third-order valence-corrected chi connectivity index (χ3v) is 2.93. The standard InChI is InChI=1S/C13H19N5O/c1-3-10-6-7-12(19-2)11(9-10)18-16-13(15-17-18)5-4-8-14/h6-7,9H,3-5,8,14H2,1-2H3. The summed E-state index contributed by atoms with van der Waals surface area (Å²) in [5, 5.41) is 12.5. The second-order valence-electron chi connectivity index (χ2n) is 4.25. The molecule has 1 heterocycles. The number of rotatable bonds is 6. The monoisotopic (exact) mass is 261 g/mol. The minimum absolute atomic E-state index is 0.628. The summed E-state index contributed by atoms with van der Waals surface area (Å²) < 4.78 is 5.34. The van der Waals surface area contributed by atoms with Crippen molar-refractivity contribution in [3.63, 3.8) is 0 Å². The molecule has 0 fully saturated rings. The highest BCUT2D eigenvalue weighted by Crippen LogP contribution is 2.22. The highest BCUT2D eigenvalue weighted by atomic mass is 16.5. The van der Waals surface area contributed by atoms with Gasteiger partial charge in [-0.25, -0.2) is 0 Å². The Bertz CT molecular complexity index is 538. The fourth-order valence-corrected chi connectivity index (χ4v) is 1.82. The van der Waals surface area contributed by atoms with Crippen molar-refractivity contribution in [3.05, 3.63) is 29.6 Å². The van der Waals surface area contributed by atoms with Gasteiger partial charge in [0.05, 0.1) is 7.11 Å². The third kappa shape index (κ3) is 3.08. The zero-order valence-corrected chi connectivity index (χ0v) is 11.3. The van der Waals surface area contributed by atoms with Gasteiger partial charge < -0.3 is 10.5 Å². The molecule has 0 aliphatic heterocycles. The van der Waals surface area contributed by atoms with Crippen LogP contribution in [-0.4, -0.2) is 33.9 Å². The predicted molar refractivity (Wildman–Crippen MR) is 72.5 cm³/mol. The Balaban J connectivity index is 2.31. The molecule has 2 rings (SSSR count). The topological polar surface area (TPSA) is 78.8 Å². The average molecular weight is 261 g/mol. The largest absolute Gasteiger partial charge is 0.494 e. The number of ether oxygens (including phenoxy) is 1. The lowest BCUT2D eigenvalue weighted by atomic mass is 10.1. The van der Waals surface area contributed by atoms with Crippen molar-refractivity contribution < 1.29 is 4.74 Å². The maximum Gasteiger partial charge on any atom is 0.175 e. The SMILES string of the molecule is CCc1ccc(OC)c(-n2nnc(CCCN)n2)c1. The summed E-state index contributed by atoms with van der Waals surface area (Å²) in [5.41, 5.74) is 7.49. The van der Waals surface area contributed by atoms with Gasteiger partial charge in [-0.05, 0) is 42.3 Å². The first-order valence-corrected chi connectivity index (χ1v) is 6.44. The Labute approximate surface area is 112 Å². The molecule has 1 aromatic carbocycles. The van der Waals surface area contributed by atoms with E-state index >= 15 is 0 Å². The van der Waals surface area contributed by atoms with E-state index in [1.807, 2.05) is 18.2 Å². The molecule has 0 unspecified atom stereocenters. The van der Waals surface area contributed by atoms with Gasteiger partial charge in [-0.1, -0.05) is 13.0 Å². The maximum absolute atomic E-state index is 5.48. The number of aryl methyl sites for hydroxylation is 2. The highest BCUT2D eigenvalue weighted by molar-refractivity contribution is 5.47. The van der Waals surface area contributed by atoms with Gasteiger partial charge in [0, 0.05) is 6.42 Å². The summed E-state index contributed by atoms with van der Waals surface area (Å²) in [5.74, 6) is 1.44. The van der Waals surface area contributed by atoms with Gasteiger partial charge >= 0.3 is 0 Å². The van der Waals surface area contributed by atoms with Crippen LogP contribution in [0.25, 0.3) is 5.69 Å². The fraction of sp³-hybridized carbons (Fsp3) is 0.462. The first kappa shape index (κ1) is 13.5. The van der Waals surface area contributed by atoms with E-state index in [2.05, 4.69) is 22.3 Å². The van der Waals surface area contributed by atoms with Gasteiger partial charge in [-0.2, -0.15) is 0 Å². The molecule has 2 aromatic rings. The molecule has 0 saturated carbocycles. The van der Waals surface area contributed by atoms with Crippen LogP contribution in [0.15, 0.2) is 18.2 Å². The summed E-state index contributed by atoms with van der Waals surface area (Å²) >= 11 is 0. The van der Waals surface area contributed by atoms with Crippen LogP contribution in [0.2, 0.25) is 0 Å². The molecule has 0 atom stereocenters. The second kappa shape index (κ2) is 6.29. The number of hydrogen-bond donors (Lipinski definition) is 1. The maximum atomic E-state index is 5.48. The molecular weight excluding hydrogens is 242 g/mol. The van der Waals surface area contributed by atoms with Crippen LogP contribution >= 0.6 is 0 Å². The molecule has 0 aliphatic carbocycles.